The molecule has 1 atom stereocenters. The Morgan fingerprint density at radius 3 is 3.06 bits per heavy atom. The van der Waals surface area contributed by atoms with E-state index in [0.29, 0.717) is 11.4 Å². The second-order valence-corrected chi connectivity index (χ2v) is 5.07. The van der Waals surface area contributed by atoms with Gasteiger partial charge in [-0.05, 0) is 37.1 Å². The zero-order chi connectivity index (χ0) is 12.1. The summed E-state index contributed by atoms with van der Waals surface area (Å²) in [6.07, 6.45) is 5.02. The Balaban J connectivity index is 1.95. The van der Waals surface area contributed by atoms with Crippen LogP contribution in [0.5, 0.6) is 0 Å². The quantitative estimate of drug-likeness (QED) is 0.895. The lowest BCUT2D eigenvalue weighted by atomic mass is 10.0. The molecule has 3 heteroatoms. The topological polar surface area (TPSA) is 29.1 Å². The summed E-state index contributed by atoms with van der Waals surface area (Å²) in [6, 6.07) is 7.60. The fraction of sp³-hybridized carbons (Fsp3) is 0.500. The molecule has 0 radical (unpaired) electrons. The van der Waals surface area contributed by atoms with E-state index in [-0.39, 0.29) is 11.8 Å². The number of Topliss-reactive ketones (excluding diaryl/α,β-unsaturated/α-hetero) is 1. The van der Waals surface area contributed by atoms with Crippen LogP contribution in [0.15, 0.2) is 24.3 Å². The van der Waals surface area contributed by atoms with Crippen LogP contribution in [0.25, 0.3) is 0 Å². The smallest absolute Gasteiger partial charge is 0.154 e. The molecule has 2 nitrogen and oxygen atoms in total. The van der Waals surface area contributed by atoms with Crippen LogP contribution in [0.4, 0.5) is 0 Å². The predicted molar refractivity (Wildman–Crippen MR) is 70.4 cm³/mol. The zero-order valence-corrected chi connectivity index (χ0v) is 10.7. The summed E-state index contributed by atoms with van der Waals surface area (Å²) >= 11 is 5.91. The molecule has 1 saturated heterocycles. The summed E-state index contributed by atoms with van der Waals surface area (Å²) in [5.74, 6) is 0.286. The monoisotopic (exact) mass is 251 g/mol. The molecule has 17 heavy (non-hydrogen) atoms. The molecule has 1 unspecified atom stereocenters. The van der Waals surface area contributed by atoms with Crippen molar-refractivity contribution in [3.8, 4) is 0 Å². The predicted octanol–water partition coefficient (Wildman–Crippen LogP) is 2.98. The van der Waals surface area contributed by atoms with Crippen LogP contribution in [0, 0.1) is 0 Å². The van der Waals surface area contributed by atoms with Crippen LogP contribution < -0.4 is 5.32 Å². The summed E-state index contributed by atoms with van der Waals surface area (Å²) < 4.78 is 0. The van der Waals surface area contributed by atoms with Crippen molar-refractivity contribution >= 4 is 17.4 Å². The first kappa shape index (κ1) is 12.6. The van der Waals surface area contributed by atoms with Crippen LogP contribution in [-0.2, 0) is 11.2 Å². The molecule has 1 fully saturated rings. The number of nitrogens with one attached hydrogen (secondary N) is 1. The van der Waals surface area contributed by atoms with Crippen LogP contribution in [0.3, 0.4) is 0 Å². The molecule has 0 aromatic heterocycles. The molecular weight excluding hydrogens is 234 g/mol. The Bertz CT molecular complexity index is 384. The van der Waals surface area contributed by atoms with E-state index >= 15 is 0 Å². The number of halogens is 1. The van der Waals surface area contributed by atoms with Crippen molar-refractivity contribution in [1.29, 1.82) is 0 Å². The molecule has 1 aliphatic heterocycles. The van der Waals surface area contributed by atoms with E-state index < -0.39 is 0 Å². The van der Waals surface area contributed by atoms with Crippen LogP contribution in [0.1, 0.15) is 31.2 Å². The van der Waals surface area contributed by atoms with E-state index in [0.717, 1.165) is 24.9 Å². The minimum atomic E-state index is 0.0384. The number of ketones is 1. The van der Waals surface area contributed by atoms with Gasteiger partial charge in [-0.25, -0.2) is 0 Å². The molecule has 0 spiro atoms. The maximum Gasteiger partial charge on any atom is 0.154 e. The van der Waals surface area contributed by atoms with E-state index in [1.54, 1.807) is 0 Å². The van der Waals surface area contributed by atoms with Gasteiger partial charge in [0.1, 0.15) is 0 Å². The Labute approximate surface area is 107 Å². The van der Waals surface area contributed by atoms with E-state index in [9.17, 15) is 4.79 Å². The molecule has 2 rings (SSSR count). The minimum Gasteiger partial charge on any atom is -0.307 e. The van der Waals surface area contributed by atoms with Gasteiger partial charge in [0.05, 0.1) is 6.04 Å². The number of hydrogen-bond acceptors (Lipinski definition) is 2. The van der Waals surface area contributed by atoms with Crippen molar-refractivity contribution in [2.45, 2.75) is 38.1 Å². The Kier molecular flexibility index (Phi) is 4.57. The summed E-state index contributed by atoms with van der Waals surface area (Å²) in [5.41, 5.74) is 1.01. The first-order valence-corrected chi connectivity index (χ1v) is 6.64. The average molecular weight is 252 g/mol. The van der Waals surface area contributed by atoms with Gasteiger partial charge >= 0.3 is 0 Å². The van der Waals surface area contributed by atoms with E-state index in [4.69, 9.17) is 11.6 Å². The molecule has 0 saturated carbocycles. The maximum atomic E-state index is 12.1. The van der Waals surface area contributed by atoms with Crippen molar-refractivity contribution in [3.63, 3.8) is 0 Å². The highest BCUT2D eigenvalue weighted by atomic mass is 35.5. The lowest BCUT2D eigenvalue weighted by molar-refractivity contribution is -0.120. The van der Waals surface area contributed by atoms with Crippen molar-refractivity contribution in [1.82, 2.24) is 5.32 Å². The number of benzene rings is 1. The van der Waals surface area contributed by atoms with Crippen LogP contribution in [-0.4, -0.2) is 18.4 Å². The van der Waals surface area contributed by atoms with Gasteiger partial charge in [0.15, 0.2) is 5.78 Å². The second-order valence-electron chi connectivity index (χ2n) is 4.63. The average Bonchev–Trinajstić information content (AvgIpc) is 2.57. The minimum absolute atomic E-state index is 0.0384. The molecule has 92 valence electrons. The fourth-order valence-corrected chi connectivity index (χ4v) is 2.49. The Hall–Kier alpha value is -0.860. The zero-order valence-electron chi connectivity index (χ0n) is 9.92. The largest absolute Gasteiger partial charge is 0.307 e. The second kappa shape index (κ2) is 6.18. The van der Waals surface area contributed by atoms with Crippen LogP contribution in [0.2, 0.25) is 5.02 Å². The molecule has 0 bridgehead atoms. The highest BCUT2D eigenvalue weighted by Gasteiger charge is 2.19. The third-order valence-electron chi connectivity index (χ3n) is 3.22. The van der Waals surface area contributed by atoms with E-state index in [1.165, 1.54) is 12.8 Å². The first-order valence-electron chi connectivity index (χ1n) is 6.26. The third kappa shape index (κ3) is 3.83. The molecule has 1 N–H and O–H groups in total. The first-order chi connectivity index (χ1) is 8.25. The molecule has 0 amide bonds. The number of hydrogen-bond donors (Lipinski definition) is 1. The normalized spacial score (nSPS) is 20.9. The van der Waals surface area contributed by atoms with E-state index in [1.807, 2.05) is 24.3 Å². The van der Waals surface area contributed by atoms with Crippen molar-refractivity contribution < 1.29 is 4.79 Å². The lowest BCUT2D eigenvalue weighted by Crippen LogP contribution is -2.36. The molecular formula is C14H18ClNO. The van der Waals surface area contributed by atoms with Crippen molar-refractivity contribution in [2.24, 2.45) is 0 Å². The summed E-state index contributed by atoms with van der Waals surface area (Å²) in [5, 5.41) is 4.03. The molecule has 0 aliphatic carbocycles. The number of carbonyl (C=O) groups is 1. The molecule has 1 aromatic carbocycles. The van der Waals surface area contributed by atoms with Gasteiger partial charge < -0.3 is 5.32 Å². The molecule has 1 aromatic rings. The highest BCUT2D eigenvalue weighted by molar-refractivity contribution is 6.30. The van der Waals surface area contributed by atoms with E-state index in [2.05, 4.69) is 5.32 Å². The standard InChI is InChI=1S/C14H18ClNO/c15-12-6-4-5-11(9-12)10-14(17)13-7-2-1-3-8-16-13/h4-6,9,13,16H,1-3,7-8,10H2. The fourth-order valence-electron chi connectivity index (χ4n) is 2.27. The van der Waals surface area contributed by atoms with Crippen molar-refractivity contribution in [2.75, 3.05) is 6.54 Å². The van der Waals surface area contributed by atoms with Crippen molar-refractivity contribution in [3.05, 3.63) is 34.9 Å². The number of carbonyl (C=O) groups excluding carboxylic acids is 1. The molecule has 1 aliphatic rings. The van der Waals surface area contributed by atoms with Gasteiger partial charge in [0.2, 0.25) is 0 Å². The highest BCUT2D eigenvalue weighted by Crippen LogP contribution is 2.14. The van der Waals surface area contributed by atoms with Gasteiger partial charge in [-0.15, -0.1) is 0 Å². The summed E-state index contributed by atoms with van der Waals surface area (Å²) in [4.78, 5) is 12.1. The summed E-state index contributed by atoms with van der Waals surface area (Å²) in [7, 11) is 0. The van der Waals surface area contributed by atoms with Gasteiger partial charge in [-0.1, -0.05) is 36.6 Å². The Morgan fingerprint density at radius 1 is 1.35 bits per heavy atom. The third-order valence-corrected chi connectivity index (χ3v) is 3.45. The van der Waals surface area contributed by atoms with Gasteiger partial charge in [0.25, 0.3) is 0 Å². The molecule has 1 heterocycles. The van der Waals surface area contributed by atoms with Gasteiger partial charge in [0, 0.05) is 11.4 Å². The lowest BCUT2D eigenvalue weighted by Gasteiger charge is -2.14. The van der Waals surface area contributed by atoms with Gasteiger partial charge in [-0.3, -0.25) is 4.79 Å². The SMILES string of the molecule is O=C(Cc1cccc(Cl)c1)C1CCCCCN1. The summed E-state index contributed by atoms with van der Waals surface area (Å²) in [6.45, 7) is 0.964. The van der Waals surface area contributed by atoms with Crippen LogP contribution >= 0.6 is 11.6 Å². The number of rotatable bonds is 3. The maximum absolute atomic E-state index is 12.1. The van der Waals surface area contributed by atoms with Gasteiger partial charge in [-0.2, -0.15) is 0 Å². The Morgan fingerprint density at radius 2 is 2.24 bits per heavy atom.